The van der Waals surface area contributed by atoms with Gasteiger partial charge in [-0.25, -0.2) is 8.42 Å². The van der Waals surface area contributed by atoms with Gasteiger partial charge in [0.15, 0.2) is 0 Å². The molecule has 1 heterocycles. The van der Waals surface area contributed by atoms with Crippen LogP contribution in [0, 0.1) is 19.8 Å². The first kappa shape index (κ1) is 18.5. The van der Waals surface area contributed by atoms with Crippen LogP contribution in [0.1, 0.15) is 30.5 Å². The molecule has 0 radical (unpaired) electrons. The van der Waals surface area contributed by atoms with E-state index in [1.54, 1.807) is 24.0 Å². The zero-order chi connectivity index (χ0) is 19.1. The molecule has 1 aliphatic rings. The second kappa shape index (κ2) is 6.76. The Morgan fingerprint density at radius 1 is 1.12 bits per heavy atom. The Balaban J connectivity index is 1.88. The van der Waals surface area contributed by atoms with E-state index in [4.69, 9.17) is 0 Å². The lowest BCUT2D eigenvalue weighted by atomic mass is 10.1. The van der Waals surface area contributed by atoms with Gasteiger partial charge in [-0.05, 0) is 61.2 Å². The SMILES string of the molecule is Cc1ccc(C)c(S(=O)(=O)Nc2ccc3c(c2)CCN3C(=O)C(C)C)c1. The van der Waals surface area contributed by atoms with Crippen molar-refractivity contribution in [3.63, 3.8) is 0 Å². The molecule has 0 saturated carbocycles. The molecule has 0 bridgehead atoms. The smallest absolute Gasteiger partial charge is 0.262 e. The van der Waals surface area contributed by atoms with Crippen LogP contribution < -0.4 is 9.62 Å². The van der Waals surface area contributed by atoms with Crippen LogP contribution in [0.2, 0.25) is 0 Å². The Labute approximate surface area is 155 Å². The van der Waals surface area contributed by atoms with Gasteiger partial charge in [-0.15, -0.1) is 0 Å². The van der Waals surface area contributed by atoms with Gasteiger partial charge in [0.1, 0.15) is 0 Å². The molecule has 1 N–H and O–H groups in total. The predicted octanol–water partition coefficient (Wildman–Crippen LogP) is 3.65. The zero-order valence-electron chi connectivity index (χ0n) is 15.5. The van der Waals surface area contributed by atoms with Gasteiger partial charge >= 0.3 is 0 Å². The molecule has 138 valence electrons. The van der Waals surface area contributed by atoms with Crippen molar-refractivity contribution in [2.45, 2.75) is 39.0 Å². The van der Waals surface area contributed by atoms with Crippen LogP contribution in [-0.2, 0) is 21.2 Å². The Kier molecular flexibility index (Phi) is 4.80. The Hall–Kier alpha value is -2.34. The summed E-state index contributed by atoms with van der Waals surface area (Å²) in [4.78, 5) is 14.4. The van der Waals surface area contributed by atoms with Gasteiger partial charge in [0, 0.05) is 23.8 Å². The number of carbonyl (C=O) groups excluding carboxylic acids is 1. The van der Waals surface area contributed by atoms with Crippen molar-refractivity contribution in [1.82, 2.24) is 0 Å². The molecular weight excluding hydrogens is 348 g/mol. The highest BCUT2D eigenvalue weighted by Crippen LogP contribution is 2.32. The number of aryl methyl sites for hydroxylation is 2. The maximum absolute atomic E-state index is 12.8. The maximum Gasteiger partial charge on any atom is 0.262 e. The summed E-state index contributed by atoms with van der Waals surface area (Å²) in [6.07, 6.45) is 0.729. The van der Waals surface area contributed by atoms with Crippen LogP contribution in [0.3, 0.4) is 0 Å². The molecule has 0 aromatic heterocycles. The minimum absolute atomic E-state index is 0.0663. The monoisotopic (exact) mass is 372 g/mol. The number of nitrogens with zero attached hydrogens (tertiary/aromatic N) is 1. The summed E-state index contributed by atoms with van der Waals surface area (Å²) in [5, 5.41) is 0. The molecule has 1 amide bonds. The molecule has 0 unspecified atom stereocenters. The van der Waals surface area contributed by atoms with Gasteiger partial charge in [-0.3, -0.25) is 9.52 Å². The number of hydrogen-bond acceptors (Lipinski definition) is 3. The van der Waals surface area contributed by atoms with E-state index in [9.17, 15) is 13.2 Å². The maximum atomic E-state index is 12.8. The third-order valence-electron chi connectivity index (χ3n) is 4.62. The number of rotatable bonds is 4. The first-order chi connectivity index (χ1) is 12.2. The highest BCUT2D eigenvalue weighted by molar-refractivity contribution is 7.92. The van der Waals surface area contributed by atoms with Crippen LogP contribution in [0.25, 0.3) is 0 Å². The van der Waals surface area contributed by atoms with Crippen LogP contribution in [-0.4, -0.2) is 20.9 Å². The second-order valence-electron chi connectivity index (χ2n) is 7.11. The normalized spacial score (nSPS) is 13.8. The summed E-state index contributed by atoms with van der Waals surface area (Å²) in [6.45, 7) is 8.06. The number of hydrogen-bond donors (Lipinski definition) is 1. The molecule has 1 aliphatic heterocycles. The summed E-state index contributed by atoms with van der Waals surface area (Å²) in [5.41, 5.74) is 3.98. The van der Waals surface area contributed by atoms with Gasteiger partial charge < -0.3 is 4.90 Å². The van der Waals surface area contributed by atoms with Gasteiger partial charge in [0.2, 0.25) is 5.91 Å². The summed E-state index contributed by atoms with van der Waals surface area (Å²) in [6, 6.07) is 10.7. The molecule has 0 spiro atoms. The van der Waals surface area contributed by atoms with Gasteiger partial charge in [-0.1, -0.05) is 26.0 Å². The van der Waals surface area contributed by atoms with Crippen molar-refractivity contribution in [2.24, 2.45) is 5.92 Å². The van der Waals surface area contributed by atoms with E-state index in [1.807, 2.05) is 45.0 Å². The van der Waals surface area contributed by atoms with Crippen molar-refractivity contribution in [1.29, 1.82) is 0 Å². The number of benzene rings is 2. The number of nitrogens with one attached hydrogen (secondary N) is 1. The second-order valence-corrected chi connectivity index (χ2v) is 8.76. The van der Waals surface area contributed by atoms with Crippen molar-refractivity contribution < 1.29 is 13.2 Å². The molecule has 0 fully saturated rings. The van der Waals surface area contributed by atoms with E-state index in [0.717, 1.165) is 23.2 Å². The fraction of sp³-hybridized carbons (Fsp3) is 0.350. The molecule has 2 aromatic rings. The summed E-state index contributed by atoms with van der Waals surface area (Å²) >= 11 is 0. The van der Waals surface area contributed by atoms with Crippen molar-refractivity contribution in [3.8, 4) is 0 Å². The number of anilines is 2. The predicted molar refractivity (Wildman–Crippen MR) is 104 cm³/mol. The van der Waals surface area contributed by atoms with Crippen molar-refractivity contribution >= 4 is 27.3 Å². The first-order valence-electron chi connectivity index (χ1n) is 8.73. The van der Waals surface area contributed by atoms with Crippen LogP contribution in [0.5, 0.6) is 0 Å². The van der Waals surface area contributed by atoms with Crippen molar-refractivity contribution in [3.05, 3.63) is 53.1 Å². The van der Waals surface area contributed by atoms with Crippen LogP contribution in [0.4, 0.5) is 11.4 Å². The summed E-state index contributed by atoms with van der Waals surface area (Å²) in [7, 11) is -3.66. The molecule has 5 nitrogen and oxygen atoms in total. The molecule has 0 saturated heterocycles. The van der Waals surface area contributed by atoms with E-state index in [2.05, 4.69) is 4.72 Å². The summed E-state index contributed by atoms with van der Waals surface area (Å²) in [5.74, 6) is 0.0240. The number of amides is 1. The lowest BCUT2D eigenvalue weighted by molar-refractivity contribution is -0.121. The fourth-order valence-electron chi connectivity index (χ4n) is 3.21. The lowest BCUT2D eigenvalue weighted by Crippen LogP contribution is -2.32. The molecule has 0 atom stereocenters. The summed E-state index contributed by atoms with van der Waals surface area (Å²) < 4.78 is 28.2. The van der Waals surface area contributed by atoms with Crippen molar-refractivity contribution in [2.75, 3.05) is 16.2 Å². The Bertz CT molecular complexity index is 965. The number of carbonyl (C=O) groups is 1. The van der Waals surface area contributed by atoms with Gasteiger partial charge in [-0.2, -0.15) is 0 Å². The lowest BCUT2D eigenvalue weighted by Gasteiger charge is -2.20. The van der Waals surface area contributed by atoms with E-state index < -0.39 is 10.0 Å². The fourth-order valence-corrected chi connectivity index (χ4v) is 4.59. The quantitative estimate of drug-likeness (QED) is 0.891. The molecule has 6 heteroatoms. The van der Waals surface area contributed by atoms with Crippen LogP contribution >= 0.6 is 0 Å². The molecule has 26 heavy (non-hydrogen) atoms. The molecule has 0 aliphatic carbocycles. The first-order valence-corrected chi connectivity index (χ1v) is 10.2. The van der Waals surface area contributed by atoms with E-state index in [0.29, 0.717) is 17.8 Å². The topological polar surface area (TPSA) is 66.5 Å². The molecular formula is C20H24N2O3S. The zero-order valence-corrected chi connectivity index (χ0v) is 16.4. The third kappa shape index (κ3) is 3.46. The van der Waals surface area contributed by atoms with E-state index in [1.165, 1.54) is 0 Å². The highest BCUT2D eigenvalue weighted by atomic mass is 32.2. The minimum atomic E-state index is -3.66. The largest absolute Gasteiger partial charge is 0.312 e. The average molecular weight is 372 g/mol. The Morgan fingerprint density at radius 3 is 2.54 bits per heavy atom. The standard InChI is InChI=1S/C20H24N2O3S/c1-13(2)20(23)22-10-9-16-12-17(7-8-18(16)22)21-26(24,25)19-11-14(3)5-6-15(19)4/h5-8,11-13,21H,9-10H2,1-4H3. The van der Waals surface area contributed by atoms with E-state index >= 15 is 0 Å². The molecule has 2 aromatic carbocycles. The Morgan fingerprint density at radius 2 is 1.85 bits per heavy atom. The number of sulfonamides is 1. The average Bonchev–Trinajstić information content (AvgIpc) is 2.98. The molecule has 3 rings (SSSR count). The van der Waals surface area contributed by atoms with Gasteiger partial charge in [0.25, 0.3) is 10.0 Å². The number of fused-ring (bicyclic) bond motifs is 1. The van der Waals surface area contributed by atoms with E-state index in [-0.39, 0.29) is 16.7 Å². The highest BCUT2D eigenvalue weighted by Gasteiger charge is 2.27. The third-order valence-corrected chi connectivity index (χ3v) is 6.14. The van der Waals surface area contributed by atoms with Gasteiger partial charge in [0.05, 0.1) is 4.90 Å². The van der Waals surface area contributed by atoms with Crippen LogP contribution in [0.15, 0.2) is 41.3 Å². The minimum Gasteiger partial charge on any atom is -0.312 e.